The van der Waals surface area contributed by atoms with E-state index in [-0.39, 0.29) is 11.7 Å². The number of hydrogen-bond acceptors (Lipinski definition) is 2. The van der Waals surface area contributed by atoms with Crippen LogP contribution >= 0.6 is 23.2 Å². The van der Waals surface area contributed by atoms with Gasteiger partial charge in [-0.2, -0.15) is 0 Å². The van der Waals surface area contributed by atoms with E-state index in [1.54, 1.807) is 0 Å². The maximum Gasteiger partial charge on any atom is 0.147 e. The molecule has 0 saturated carbocycles. The first kappa shape index (κ1) is 14.8. The Hall–Kier alpha value is -0.250. The third-order valence-corrected chi connectivity index (χ3v) is 4.18. The fraction of sp³-hybridized carbons (Fsp3) is 0.500. The second-order valence-electron chi connectivity index (χ2n) is 4.27. The van der Waals surface area contributed by atoms with Crippen LogP contribution < -0.4 is 0 Å². The van der Waals surface area contributed by atoms with Crippen LogP contribution in [0.25, 0.3) is 0 Å². The van der Waals surface area contributed by atoms with Crippen molar-refractivity contribution in [3.05, 3.63) is 34.9 Å². The lowest BCUT2D eigenvalue weighted by molar-refractivity contribution is 0.550. The molecule has 0 spiro atoms. The first-order chi connectivity index (χ1) is 7.90. The van der Waals surface area contributed by atoms with Crippen LogP contribution in [0.3, 0.4) is 0 Å². The van der Waals surface area contributed by atoms with Gasteiger partial charge in [0, 0.05) is 17.2 Å². The Kier molecular flexibility index (Phi) is 5.77. The fourth-order valence-electron chi connectivity index (χ4n) is 1.61. The van der Waals surface area contributed by atoms with Gasteiger partial charge in [-0.1, -0.05) is 23.7 Å². The number of alkyl halides is 1. The summed E-state index contributed by atoms with van der Waals surface area (Å²) < 4.78 is 22.2. The summed E-state index contributed by atoms with van der Waals surface area (Å²) in [5, 5.41) is 0.693. The van der Waals surface area contributed by atoms with Crippen molar-refractivity contribution < 1.29 is 8.42 Å². The molecule has 0 aliphatic heterocycles. The predicted octanol–water partition coefficient (Wildman–Crippen LogP) is 3.17. The Morgan fingerprint density at radius 2 is 2.06 bits per heavy atom. The van der Waals surface area contributed by atoms with E-state index in [2.05, 4.69) is 0 Å². The van der Waals surface area contributed by atoms with E-state index in [4.69, 9.17) is 23.2 Å². The Bertz CT molecular complexity index is 457. The van der Waals surface area contributed by atoms with Gasteiger partial charge in [0.15, 0.2) is 0 Å². The Balaban J connectivity index is 2.58. The summed E-state index contributed by atoms with van der Waals surface area (Å²) in [6.45, 7) is 0. The van der Waals surface area contributed by atoms with Gasteiger partial charge in [0.05, 0.1) is 5.75 Å². The zero-order chi connectivity index (χ0) is 12.9. The summed E-state index contributed by atoms with van der Waals surface area (Å²) in [7, 11) is -2.91. The largest absolute Gasteiger partial charge is 0.229 e. The number of hydrogen-bond donors (Lipinski definition) is 0. The van der Waals surface area contributed by atoms with Crippen molar-refractivity contribution >= 4 is 33.0 Å². The Labute approximate surface area is 113 Å². The van der Waals surface area contributed by atoms with Gasteiger partial charge in [-0.3, -0.25) is 0 Å². The topological polar surface area (TPSA) is 34.1 Å². The minimum Gasteiger partial charge on any atom is -0.229 e. The molecule has 5 heteroatoms. The molecule has 1 aromatic rings. The molecule has 96 valence electrons. The molecule has 0 aliphatic carbocycles. The normalized spacial score (nSPS) is 13.6. The second-order valence-corrected chi connectivity index (χ2v) is 7.28. The molecular formula is C12H16Cl2O2S. The minimum absolute atomic E-state index is 0.171. The third-order valence-electron chi connectivity index (χ3n) is 2.53. The molecule has 0 N–H and O–H groups in total. The average molecular weight is 295 g/mol. The van der Waals surface area contributed by atoms with Gasteiger partial charge >= 0.3 is 0 Å². The van der Waals surface area contributed by atoms with Crippen molar-refractivity contribution in [1.82, 2.24) is 0 Å². The zero-order valence-electron chi connectivity index (χ0n) is 9.70. The van der Waals surface area contributed by atoms with Gasteiger partial charge in [0.2, 0.25) is 0 Å². The summed E-state index contributed by atoms with van der Waals surface area (Å²) in [5.41, 5.74) is 1.09. The molecule has 17 heavy (non-hydrogen) atoms. The molecule has 1 atom stereocenters. The first-order valence-electron chi connectivity index (χ1n) is 5.39. The monoisotopic (exact) mass is 294 g/mol. The fourth-order valence-corrected chi connectivity index (χ4v) is 2.85. The highest BCUT2D eigenvalue weighted by molar-refractivity contribution is 7.90. The molecular weight excluding hydrogens is 279 g/mol. The molecule has 0 radical (unpaired) electrons. The Morgan fingerprint density at radius 1 is 1.35 bits per heavy atom. The molecule has 0 bridgehead atoms. The highest BCUT2D eigenvalue weighted by Crippen LogP contribution is 2.18. The molecule has 1 rings (SSSR count). The van der Waals surface area contributed by atoms with Crippen LogP contribution in [-0.4, -0.2) is 26.3 Å². The van der Waals surface area contributed by atoms with Crippen LogP contribution in [0.1, 0.15) is 12.0 Å². The Morgan fingerprint density at radius 3 is 2.59 bits per heavy atom. The van der Waals surface area contributed by atoms with Crippen molar-refractivity contribution in [2.24, 2.45) is 5.92 Å². The maximum absolute atomic E-state index is 11.1. The van der Waals surface area contributed by atoms with E-state index < -0.39 is 9.84 Å². The van der Waals surface area contributed by atoms with Crippen LogP contribution in [0.2, 0.25) is 5.02 Å². The van der Waals surface area contributed by atoms with Gasteiger partial charge in [-0.25, -0.2) is 8.42 Å². The quantitative estimate of drug-likeness (QED) is 0.755. The van der Waals surface area contributed by atoms with E-state index >= 15 is 0 Å². The van der Waals surface area contributed by atoms with Crippen LogP contribution in [0.4, 0.5) is 0 Å². The van der Waals surface area contributed by atoms with Gasteiger partial charge in [0.1, 0.15) is 9.84 Å². The molecule has 1 unspecified atom stereocenters. The summed E-state index contributed by atoms with van der Waals surface area (Å²) in [4.78, 5) is 0. The summed E-state index contributed by atoms with van der Waals surface area (Å²) in [6, 6.07) is 7.57. The molecule has 0 fully saturated rings. The number of benzene rings is 1. The van der Waals surface area contributed by atoms with E-state index in [1.165, 1.54) is 6.26 Å². The van der Waals surface area contributed by atoms with E-state index in [9.17, 15) is 8.42 Å². The zero-order valence-corrected chi connectivity index (χ0v) is 12.0. The van der Waals surface area contributed by atoms with Crippen molar-refractivity contribution in [2.45, 2.75) is 12.8 Å². The first-order valence-corrected chi connectivity index (χ1v) is 8.36. The van der Waals surface area contributed by atoms with Crippen molar-refractivity contribution in [1.29, 1.82) is 0 Å². The maximum atomic E-state index is 11.1. The van der Waals surface area contributed by atoms with Gasteiger partial charge in [-0.05, 0) is 36.5 Å². The standard InChI is InChI=1S/C12H16Cl2O2S/c1-17(15,16)6-5-11(9-13)7-10-3-2-4-12(14)8-10/h2-4,8,11H,5-7,9H2,1H3. The second kappa shape index (κ2) is 6.62. The molecule has 2 nitrogen and oxygen atoms in total. The van der Waals surface area contributed by atoms with E-state index in [0.717, 1.165) is 12.0 Å². The predicted molar refractivity (Wildman–Crippen MR) is 73.7 cm³/mol. The van der Waals surface area contributed by atoms with Gasteiger partial charge in [0.25, 0.3) is 0 Å². The third kappa shape index (κ3) is 6.29. The van der Waals surface area contributed by atoms with Crippen LogP contribution in [0.5, 0.6) is 0 Å². The van der Waals surface area contributed by atoms with Gasteiger partial charge < -0.3 is 0 Å². The van der Waals surface area contributed by atoms with E-state index in [1.807, 2.05) is 24.3 Å². The number of rotatable bonds is 6. The molecule has 1 aromatic carbocycles. The smallest absolute Gasteiger partial charge is 0.147 e. The molecule has 0 saturated heterocycles. The lowest BCUT2D eigenvalue weighted by Gasteiger charge is -2.13. The van der Waals surface area contributed by atoms with Crippen LogP contribution in [-0.2, 0) is 16.3 Å². The highest BCUT2D eigenvalue weighted by atomic mass is 35.5. The minimum atomic E-state index is -2.91. The summed E-state index contributed by atoms with van der Waals surface area (Å²) in [6.07, 6.45) is 2.60. The average Bonchev–Trinajstić information content (AvgIpc) is 2.23. The molecule has 0 aromatic heterocycles. The summed E-state index contributed by atoms with van der Waals surface area (Å²) in [5.74, 6) is 0.817. The van der Waals surface area contributed by atoms with Crippen LogP contribution in [0, 0.1) is 5.92 Å². The number of halogens is 2. The highest BCUT2D eigenvalue weighted by Gasteiger charge is 2.12. The lowest BCUT2D eigenvalue weighted by Crippen LogP contribution is -2.13. The van der Waals surface area contributed by atoms with E-state index in [0.29, 0.717) is 17.3 Å². The van der Waals surface area contributed by atoms with Crippen LogP contribution in [0.15, 0.2) is 24.3 Å². The molecule has 0 aliphatic rings. The van der Waals surface area contributed by atoms with Crippen molar-refractivity contribution in [3.8, 4) is 0 Å². The van der Waals surface area contributed by atoms with Crippen molar-refractivity contribution in [2.75, 3.05) is 17.9 Å². The molecule has 0 heterocycles. The van der Waals surface area contributed by atoms with Crippen molar-refractivity contribution in [3.63, 3.8) is 0 Å². The summed E-state index contributed by atoms with van der Waals surface area (Å²) >= 11 is 11.8. The van der Waals surface area contributed by atoms with Gasteiger partial charge in [-0.15, -0.1) is 11.6 Å². The lowest BCUT2D eigenvalue weighted by atomic mass is 9.99. The number of sulfone groups is 1. The SMILES string of the molecule is CS(=O)(=O)CCC(CCl)Cc1cccc(Cl)c1. The molecule has 0 amide bonds.